The molecule has 1 fully saturated rings. The number of likely N-dealkylation sites (tertiary alicyclic amines) is 1. The van der Waals surface area contributed by atoms with Crippen LogP contribution in [0.3, 0.4) is 0 Å². The lowest BCUT2D eigenvalue weighted by atomic mass is 9.95. The van der Waals surface area contributed by atoms with Crippen molar-refractivity contribution in [3.05, 3.63) is 72.4 Å². The monoisotopic (exact) mass is 402 g/mol. The highest BCUT2D eigenvalue weighted by atomic mass is 16.2. The van der Waals surface area contributed by atoms with Crippen LogP contribution in [0.5, 0.6) is 0 Å². The molecule has 1 amide bonds. The van der Waals surface area contributed by atoms with Crippen molar-refractivity contribution in [3.8, 4) is 0 Å². The number of rotatable bonds is 5. The Balaban J connectivity index is 1.39. The van der Waals surface area contributed by atoms with Gasteiger partial charge in [0.25, 0.3) is 0 Å². The Bertz CT molecular complexity index is 1120. The first-order valence-electron chi connectivity index (χ1n) is 10.1. The van der Waals surface area contributed by atoms with E-state index in [0.717, 1.165) is 36.4 Å². The van der Waals surface area contributed by atoms with Gasteiger partial charge in [-0.3, -0.25) is 9.20 Å². The number of aromatic nitrogens is 7. The van der Waals surface area contributed by atoms with E-state index in [4.69, 9.17) is 0 Å². The molecule has 152 valence electrons. The predicted octanol–water partition coefficient (Wildman–Crippen LogP) is 1.91. The van der Waals surface area contributed by atoms with Crippen LogP contribution in [0.15, 0.2) is 61.1 Å². The van der Waals surface area contributed by atoms with Crippen LogP contribution in [-0.4, -0.2) is 58.7 Å². The maximum atomic E-state index is 13.5. The van der Waals surface area contributed by atoms with E-state index in [2.05, 4.69) is 25.7 Å². The van der Waals surface area contributed by atoms with Gasteiger partial charge in [0.05, 0.1) is 0 Å². The Morgan fingerprint density at radius 1 is 1.10 bits per heavy atom. The summed E-state index contributed by atoms with van der Waals surface area (Å²) in [5, 5.41) is 20.2. The molecule has 2 atom stereocenters. The Morgan fingerprint density at radius 2 is 1.97 bits per heavy atom. The summed E-state index contributed by atoms with van der Waals surface area (Å²) < 4.78 is 3.58. The molecule has 1 aliphatic heterocycles. The molecule has 9 nitrogen and oxygen atoms in total. The van der Waals surface area contributed by atoms with E-state index in [9.17, 15) is 4.79 Å². The molecular weight excluding hydrogens is 380 g/mol. The highest BCUT2D eigenvalue weighted by Crippen LogP contribution is 2.28. The molecule has 0 N–H and O–H groups in total. The molecule has 0 spiro atoms. The van der Waals surface area contributed by atoms with Gasteiger partial charge in [-0.1, -0.05) is 36.4 Å². The van der Waals surface area contributed by atoms with Crippen LogP contribution in [0.4, 0.5) is 0 Å². The summed E-state index contributed by atoms with van der Waals surface area (Å²) >= 11 is 0. The fourth-order valence-electron chi connectivity index (χ4n) is 4.18. The van der Waals surface area contributed by atoms with Crippen LogP contribution < -0.4 is 0 Å². The number of tetrazole rings is 1. The van der Waals surface area contributed by atoms with E-state index in [0.29, 0.717) is 13.0 Å². The molecule has 2 unspecified atom stereocenters. The van der Waals surface area contributed by atoms with E-state index in [1.165, 1.54) is 6.33 Å². The summed E-state index contributed by atoms with van der Waals surface area (Å²) in [5.74, 6) is 1.08. The third kappa shape index (κ3) is 3.54. The topological polar surface area (TPSA) is 94.1 Å². The van der Waals surface area contributed by atoms with Gasteiger partial charge in [-0.2, -0.15) is 0 Å². The summed E-state index contributed by atoms with van der Waals surface area (Å²) in [6.07, 6.45) is 5.93. The number of carbonyl (C=O) groups excluding carboxylic acids is 1. The highest BCUT2D eigenvalue weighted by molar-refractivity contribution is 5.80. The van der Waals surface area contributed by atoms with Crippen molar-refractivity contribution in [3.63, 3.8) is 0 Å². The fraction of sp³-hybridized carbons (Fsp3) is 0.333. The smallest absolute Gasteiger partial charge is 0.247 e. The number of piperidine rings is 1. The number of benzene rings is 1. The maximum absolute atomic E-state index is 13.5. The van der Waals surface area contributed by atoms with Crippen LogP contribution in [0.1, 0.15) is 36.2 Å². The van der Waals surface area contributed by atoms with Crippen LogP contribution >= 0.6 is 0 Å². The van der Waals surface area contributed by atoms with E-state index < -0.39 is 6.04 Å². The lowest BCUT2D eigenvalue weighted by molar-refractivity contribution is -0.136. The van der Waals surface area contributed by atoms with Gasteiger partial charge in [-0.05, 0) is 41.0 Å². The normalized spacial score (nSPS) is 17.9. The number of nitrogens with zero attached hydrogens (tertiary/aromatic N) is 8. The summed E-state index contributed by atoms with van der Waals surface area (Å²) in [7, 11) is 0. The van der Waals surface area contributed by atoms with Crippen molar-refractivity contribution in [2.75, 3.05) is 13.1 Å². The molecule has 5 rings (SSSR count). The molecule has 0 aliphatic carbocycles. The molecular formula is C21H22N8O. The first-order valence-corrected chi connectivity index (χ1v) is 10.1. The van der Waals surface area contributed by atoms with E-state index >= 15 is 0 Å². The minimum atomic E-state index is -0.476. The number of hydrogen-bond donors (Lipinski definition) is 0. The maximum Gasteiger partial charge on any atom is 0.247 e. The van der Waals surface area contributed by atoms with Gasteiger partial charge in [0.1, 0.15) is 18.2 Å². The molecule has 4 aromatic rings. The fourth-order valence-corrected chi connectivity index (χ4v) is 4.18. The van der Waals surface area contributed by atoms with Crippen molar-refractivity contribution in [1.29, 1.82) is 0 Å². The SMILES string of the molecule is O=C(C(Cc1ccccc1)n1cnnn1)N1CCCC(c2nnc3ccccn23)C1. The van der Waals surface area contributed by atoms with Crippen molar-refractivity contribution in [2.45, 2.75) is 31.2 Å². The van der Waals surface area contributed by atoms with Gasteiger partial charge in [0, 0.05) is 31.6 Å². The first kappa shape index (κ1) is 18.4. The van der Waals surface area contributed by atoms with Crippen LogP contribution in [-0.2, 0) is 11.2 Å². The third-order valence-corrected chi connectivity index (χ3v) is 5.68. The summed E-state index contributed by atoms with van der Waals surface area (Å²) in [4.78, 5) is 15.5. The summed E-state index contributed by atoms with van der Waals surface area (Å²) in [5.41, 5.74) is 1.90. The van der Waals surface area contributed by atoms with Crippen molar-refractivity contribution < 1.29 is 4.79 Å². The second-order valence-electron chi connectivity index (χ2n) is 7.61. The predicted molar refractivity (Wildman–Crippen MR) is 109 cm³/mol. The molecule has 1 aromatic carbocycles. The molecule has 30 heavy (non-hydrogen) atoms. The quantitative estimate of drug-likeness (QED) is 0.506. The number of hydrogen-bond acceptors (Lipinski definition) is 6. The highest BCUT2D eigenvalue weighted by Gasteiger charge is 2.33. The first-order chi connectivity index (χ1) is 14.8. The van der Waals surface area contributed by atoms with Gasteiger partial charge in [0.2, 0.25) is 5.91 Å². The molecule has 4 heterocycles. The van der Waals surface area contributed by atoms with Crippen LogP contribution in [0, 0.1) is 0 Å². The third-order valence-electron chi connectivity index (χ3n) is 5.68. The van der Waals surface area contributed by atoms with E-state index in [-0.39, 0.29) is 11.8 Å². The van der Waals surface area contributed by atoms with E-state index in [1.54, 1.807) is 4.68 Å². The second-order valence-corrected chi connectivity index (χ2v) is 7.61. The zero-order valence-electron chi connectivity index (χ0n) is 16.4. The van der Waals surface area contributed by atoms with Gasteiger partial charge in [-0.25, -0.2) is 4.68 Å². The molecule has 1 aliphatic rings. The van der Waals surface area contributed by atoms with E-state index in [1.807, 2.05) is 64.0 Å². The molecule has 0 saturated carbocycles. The number of fused-ring (bicyclic) bond motifs is 1. The van der Waals surface area contributed by atoms with Gasteiger partial charge in [-0.15, -0.1) is 15.3 Å². The Labute approximate surface area is 173 Å². The van der Waals surface area contributed by atoms with Gasteiger partial charge in [0.15, 0.2) is 5.65 Å². The zero-order valence-corrected chi connectivity index (χ0v) is 16.4. The second kappa shape index (κ2) is 8.02. The standard InChI is InChI=1S/C21H22N8O/c30-21(18(29-15-22-25-26-29)13-16-7-2-1-3-8-16)27-11-6-9-17(14-27)20-24-23-19-10-4-5-12-28(19)20/h1-5,7-8,10,12,15,17-18H,6,9,11,13-14H2. The minimum absolute atomic E-state index is 0.0321. The number of carbonyl (C=O) groups is 1. The molecule has 0 bridgehead atoms. The average Bonchev–Trinajstić information content (AvgIpc) is 3.48. The van der Waals surface area contributed by atoms with Crippen LogP contribution in [0.2, 0.25) is 0 Å². The van der Waals surface area contributed by atoms with Crippen molar-refractivity contribution in [2.24, 2.45) is 0 Å². The largest absolute Gasteiger partial charge is 0.340 e. The average molecular weight is 402 g/mol. The lowest BCUT2D eigenvalue weighted by Crippen LogP contribution is -2.44. The summed E-state index contributed by atoms with van der Waals surface area (Å²) in [6, 6.07) is 15.3. The number of amides is 1. The Hall–Kier alpha value is -3.62. The lowest BCUT2D eigenvalue weighted by Gasteiger charge is -2.34. The van der Waals surface area contributed by atoms with Crippen molar-refractivity contribution >= 4 is 11.6 Å². The minimum Gasteiger partial charge on any atom is -0.340 e. The van der Waals surface area contributed by atoms with Crippen LogP contribution in [0.25, 0.3) is 5.65 Å². The van der Waals surface area contributed by atoms with Crippen molar-refractivity contribution in [1.82, 2.24) is 39.7 Å². The Kier molecular flexibility index (Phi) is 4.92. The molecule has 3 aromatic heterocycles. The zero-order chi connectivity index (χ0) is 20.3. The summed E-state index contributed by atoms with van der Waals surface area (Å²) in [6.45, 7) is 1.33. The Morgan fingerprint density at radius 3 is 2.80 bits per heavy atom. The molecule has 0 radical (unpaired) electrons. The number of pyridine rings is 1. The van der Waals surface area contributed by atoms with Gasteiger partial charge < -0.3 is 4.90 Å². The molecule has 9 heteroatoms. The molecule has 1 saturated heterocycles. The van der Waals surface area contributed by atoms with Gasteiger partial charge >= 0.3 is 0 Å².